The lowest BCUT2D eigenvalue weighted by Gasteiger charge is -2.38. The first-order chi connectivity index (χ1) is 8.17. The van der Waals surface area contributed by atoms with E-state index < -0.39 is 0 Å². The van der Waals surface area contributed by atoms with E-state index in [1.54, 1.807) is 0 Å². The fraction of sp³-hybridized carbons (Fsp3) is 0.600. The van der Waals surface area contributed by atoms with Gasteiger partial charge in [0, 0.05) is 12.1 Å². The SMILES string of the molecule is CN1CCC(c2ccc(C3(N)CCC3)cc2)C1. The van der Waals surface area contributed by atoms with Crippen LogP contribution in [0.5, 0.6) is 0 Å². The zero-order valence-electron chi connectivity index (χ0n) is 10.7. The smallest absolute Gasteiger partial charge is 0.0409 e. The van der Waals surface area contributed by atoms with Crippen molar-refractivity contribution in [2.75, 3.05) is 20.1 Å². The second kappa shape index (κ2) is 4.11. The predicted molar refractivity (Wildman–Crippen MR) is 71.0 cm³/mol. The Bertz CT molecular complexity index is 392. The van der Waals surface area contributed by atoms with Crippen molar-refractivity contribution in [3.63, 3.8) is 0 Å². The number of likely N-dealkylation sites (N-methyl/N-ethyl adjacent to an activating group) is 1. The van der Waals surface area contributed by atoms with Crippen molar-refractivity contribution in [1.82, 2.24) is 4.90 Å². The minimum absolute atomic E-state index is 0.00893. The lowest BCUT2D eigenvalue weighted by molar-refractivity contribution is 0.253. The third-order valence-corrected chi connectivity index (χ3v) is 4.59. The molecule has 2 N–H and O–H groups in total. The maximum atomic E-state index is 6.34. The van der Waals surface area contributed by atoms with Crippen molar-refractivity contribution in [2.45, 2.75) is 37.1 Å². The lowest BCUT2D eigenvalue weighted by Crippen LogP contribution is -2.43. The molecule has 3 rings (SSSR count). The van der Waals surface area contributed by atoms with E-state index in [9.17, 15) is 0 Å². The van der Waals surface area contributed by atoms with Gasteiger partial charge in [-0.15, -0.1) is 0 Å². The van der Waals surface area contributed by atoms with Gasteiger partial charge in [-0.05, 0) is 56.3 Å². The first kappa shape index (κ1) is 11.2. The van der Waals surface area contributed by atoms with Gasteiger partial charge in [0.05, 0.1) is 0 Å². The van der Waals surface area contributed by atoms with E-state index in [4.69, 9.17) is 5.73 Å². The summed E-state index contributed by atoms with van der Waals surface area (Å²) in [5.41, 5.74) is 9.15. The van der Waals surface area contributed by atoms with E-state index in [0.717, 1.165) is 18.8 Å². The molecule has 0 bridgehead atoms. The standard InChI is InChI=1S/C15H22N2/c1-17-10-7-13(11-17)12-3-5-14(6-4-12)15(16)8-2-9-15/h3-6,13H,2,7-11,16H2,1H3. The maximum absolute atomic E-state index is 6.34. The molecule has 1 saturated carbocycles. The van der Waals surface area contributed by atoms with E-state index >= 15 is 0 Å². The van der Waals surface area contributed by atoms with Crippen LogP contribution in [-0.4, -0.2) is 25.0 Å². The van der Waals surface area contributed by atoms with Gasteiger partial charge in [0.25, 0.3) is 0 Å². The van der Waals surface area contributed by atoms with Gasteiger partial charge in [-0.3, -0.25) is 0 Å². The Morgan fingerprint density at radius 3 is 2.41 bits per heavy atom. The van der Waals surface area contributed by atoms with Crippen molar-refractivity contribution in [2.24, 2.45) is 5.73 Å². The fourth-order valence-electron chi connectivity index (χ4n) is 3.14. The summed E-state index contributed by atoms with van der Waals surface area (Å²) in [6, 6.07) is 9.11. The molecular weight excluding hydrogens is 208 g/mol. The molecule has 1 atom stereocenters. The van der Waals surface area contributed by atoms with Gasteiger partial charge in [0.15, 0.2) is 0 Å². The molecule has 0 radical (unpaired) electrons. The van der Waals surface area contributed by atoms with Crippen LogP contribution in [0.25, 0.3) is 0 Å². The number of benzene rings is 1. The highest BCUT2D eigenvalue weighted by molar-refractivity contribution is 5.32. The van der Waals surface area contributed by atoms with Crippen LogP contribution in [0.2, 0.25) is 0 Å². The van der Waals surface area contributed by atoms with Crippen LogP contribution in [0.4, 0.5) is 0 Å². The van der Waals surface area contributed by atoms with Crippen LogP contribution in [-0.2, 0) is 5.54 Å². The Hall–Kier alpha value is -0.860. The van der Waals surface area contributed by atoms with Crippen LogP contribution in [0.15, 0.2) is 24.3 Å². The summed E-state index contributed by atoms with van der Waals surface area (Å²) in [6.07, 6.45) is 4.88. The first-order valence-corrected chi connectivity index (χ1v) is 6.75. The molecule has 1 unspecified atom stereocenters. The molecule has 2 nitrogen and oxygen atoms in total. The van der Waals surface area contributed by atoms with Gasteiger partial charge in [-0.2, -0.15) is 0 Å². The summed E-state index contributed by atoms with van der Waals surface area (Å²) in [5, 5.41) is 0. The monoisotopic (exact) mass is 230 g/mol. The number of hydrogen-bond acceptors (Lipinski definition) is 2. The third kappa shape index (κ3) is 2.00. The first-order valence-electron chi connectivity index (χ1n) is 6.75. The second-order valence-electron chi connectivity index (χ2n) is 5.88. The molecule has 1 aromatic rings. The molecular formula is C15H22N2. The number of nitrogens with zero attached hydrogens (tertiary/aromatic N) is 1. The average molecular weight is 230 g/mol. The quantitative estimate of drug-likeness (QED) is 0.845. The van der Waals surface area contributed by atoms with Crippen molar-refractivity contribution < 1.29 is 0 Å². The normalized spacial score (nSPS) is 28.0. The fourth-order valence-corrected chi connectivity index (χ4v) is 3.14. The van der Waals surface area contributed by atoms with Crippen LogP contribution in [0, 0.1) is 0 Å². The third-order valence-electron chi connectivity index (χ3n) is 4.59. The molecule has 1 aliphatic heterocycles. The van der Waals surface area contributed by atoms with Crippen molar-refractivity contribution in [1.29, 1.82) is 0 Å². The van der Waals surface area contributed by atoms with Gasteiger partial charge in [0.2, 0.25) is 0 Å². The number of nitrogens with two attached hydrogens (primary N) is 1. The van der Waals surface area contributed by atoms with Crippen molar-refractivity contribution in [3.05, 3.63) is 35.4 Å². The number of rotatable bonds is 2. The second-order valence-corrected chi connectivity index (χ2v) is 5.88. The molecule has 1 aromatic carbocycles. The molecule has 2 fully saturated rings. The summed E-state index contributed by atoms with van der Waals surface area (Å²) in [5.74, 6) is 0.726. The molecule has 0 spiro atoms. The molecule has 0 amide bonds. The number of hydrogen-bond donors (Lipinski definition) is 1. The summed E-state index contributed by atoms with van der Waals surface area (Å²) < 4.78 is 0. The van der Waals surface area contributed by atoms with Gasteiger partial charge >= 0.3 is 0 Å². The van der Waals surface area contributed by atoms with Crippen molar-refractivity contribution >= 4 is 0 Å². The largest absolute Gasteiger partial charge is 0.321 e. The highest BCUT2D eigenvalue weighted by Crippen LogP contribution is 2.39. The maximum Gasteiger partial charge on any atom is 0.0409 e. The minimum Gasteiger partial charge on any atom is -0.321 e. The lowest BCUT2D eigenvalue weighted by atomic mass is 9.72. The Kier molecular flexibility index (Phi) is 2.72. The topological polar surface area (TPSA) is 29.3 Å². The molecule has 2 aliphatic rings. The Morgan fingerprint density at radius 1 is 1.24 bits per heavy atom. The predicted octanol–water partition coefficient (Wildman–Crippen LogP) is 2.44. The zero-order chi connectivity index (χ0) is 11.9. The molecule has 2 heteroatoms. The molecule has 1 saturated heterocycles. The minimum atomic E-state index is -0.00893. The molecule has 92 valence electrons. The molecule has 1 heterocycles. The Morgan fingerprint density at radius 2 is 1.94 bits per heavy atom. The molecule has 0 aromatic heterocycles. The Balaban J connectivity index is 1.76. The average Bonchev–Trinajstić information content (AvgIpc) is 2.73. The highest BCUT2D eigenvalue weighted by atomic mass is 15.1. The van der Waals surface area contributed by atoms with Gasteiger partial charge < -0.3 is 10.6 Å². The van der Waals surface area contributed by atoms with Crippen LogP contribution >= 0.6 is 0 Å². The van der Waals surface area contributed by atoms with E-state index in [2.05, 4.69) is 36.2 Å². The van der Waals surface area contributed by atoms with Crippen molar-refractivity contribution in [3.8, 4) is 0 Å². The van der Waals surface area contributed by atoms with Crippen LogP contribution in [0.3, 0.4) is 0 Å². The van der Waals surface area contributed by atoms with E-state index in [1.807, 2.05) is 0 Å². The number of likely N-dealkylation sites (tertiary alicyclic amines) is 1. The molecule has 17 heavy (non-hydrogen) atoms. The summed E-state index contributed by atoms with van der Waals surface area (Å²) >= 11 is 0. The van der Waals surface area contributed by atoms with E-state index in [1.165, 1.54) is 37.1 Å². The van der Waals surface area contributed by atoms with Gasteiger partial charge in [-0.25, -0.2) is 0 Å². The molecule has 1 aliphatic carbocycles. The van der Waals surface area contributed by atoms with E-state index in [-0.39, 0.29) is 5.54 Å². The highest BCUT2D eigenvalue weighted by Gasteiger charge is 2.34. The summed E-state index contributed by atoms with van der Waals surface area (Å²) in [7, 11) is 2.21. The van der Waals surface area contributed by atoms with Crippen LogP contribution < -0.4 is 5.73 Å². The summed E-state index contributed by atoms with van der Waals surface area (Å²) in [4.78, 5) is 2.41. The summed E-state index contributed by atoms with van der Waals surface area (Å²) in [6.45, 7) is 2.43. The zero-order valence-corrected chi connectivity index (χ0v) is 10.7. The van der Waals surface area contributed by atoms with Gasteiger partial charge in [0.1, 0.15) is 0 Å². The van der Waals surface area contributed by atoms with Gasteiger partial charge in [-0.1, -0.05) is 24.3 Å². The van der Waals surface area contributed by atoms with E-state index in [0.29, 0.717) is 0 Å². The Labute approximate surface area is 104 Å². The van der Waals surface area contributed by atoms with Crippen LogP contribution in [0.1, 0.15) is 42.7 Å².